The predicted octanol–water partition coefficient (Wildman–Crippen LogP) is 6.88. The SMILES string of the molecule is C/C(=N\Nc1cccc2cc3c(N/N=C(\C)C(C)C)cccc3cc12)C(C)C. The van der Waals surface area contributed by atoms with E-state index in [-0.39, 0.29) is 0 Å². The number of fused-ring (bicyclic) bond motifs is 2. The van der Waals surface area contributed by atoms with Gasteiger partial charge in [0.1, 0.15) is 0 Å². The summed E-state index contributed by atoms with van der Waals surface area (Å²) < 4.78 is 0. The summed E-state index contributed by atoms with van der Waals surface area (Å²) in [4.78, 5) is 0. The predicted molar refractivity (Wildman–Crippen MR) is 125 cm³/mol. The Morgan fingerprint density at radius 2 is 1.07 bits per heavy atom. The molecule has 4 nitrogen and oxygen atoms in total. The maximum atomic E-state index is 4.54. The van der Waals surface area contributed by atoms with Gasteiger partial charge in [-0.05, 0) is 60.7 Å². The van der Waals surface area contributed by atoms with Gasteiger partial charge in [-0.25, -0.2) is 0 Å². The number of nitrogens with one attached hydrogen (secondary N) is 2. The van der Waals surface area contributed by atoms with Crippen LogP contribution in [0.3, 0.4) is 0 Å². The molecule has 0 heterocycles. The van der Waals surface area contributed by atoms with Crippen LogP contribution in [0.2, 0.25) is 0 Å². The van der Waals surface area contributed by atoms with E-state index in [0.29, 0.717) is 11.8 Å². The Morgan fingerprint density at radius 1 is 0.679 bits per heavy atom. The first-order chi connectivity index (χ1) is 13.4. The molecule has 28 heavy (non-hydrogen) atoms. The minimum absolute atomic E-state index is 0.423. The van der Waals surface area contributed by atoms with E-state index < -0.39 is 0 Å². The highest BCUT2D eigenvalue weighted by molar-refractivity contribution is 6.07. The highest BCUT2D eigenvalue weighted by Crippen LogP contribution is 2.32. The van der Waals surface area contributed by atoms with Crippen molar-refractivity contribution in [1.82, 2.24) is 0 Å². The van der Waals surface area contributed by atoms with Crippen molar-refractivity contribution in [2.24, 2.45) is 22.0 Å². The lowest BCUT2D eigenvalue weighted by Crippen LogP contribution is -2.05. The van der Waals surface area contributed by atoms with Crippen molar-refractivity contribution < 1.29 is 0 Å². The van der Waals surface area contributed by atoms with Crippen molar-refractivity contribution in [1.29, 1.82) is 0 Å². The van der Waals surface area contributed by atoms with E-state index in [1.807, 2.05) is 0 Å². The highest BCUT2D eigenvalue weighted by Gasteiger charge is 2.07. The first-order valence-electron chi connectivity index (χ1n) is 9.92. The second-order valence-electron chi connectivity index (χ2n) is 7.95. The quantitative estimate of drug-likeness (QED) is 0.281. The van der Waals surface area contributed by atoms with Gasteiger partial charge in [0.25, 0.3) is 0 Å². The summed E-state index contributed by atoms with van der Waals surface area (Å²) in [6.45, 7) is 12.7. The van der Waals surface area contributed by atoms with Crippen LogP contribution in [0.15, 0.2) is 58.7 Å². The fourth-order valence-electron chi connectivity index (χ4n) is 2.80. The summed E-state index contributed by atoms with van der Waals surface area (Å²) in [6.07, 6.45) is 0. The molecule has 3 aromatic rings. The first kappa shape index (κ1) is 19.9. The van der Waals surface area contributed by atoms with Gasteiger partial charge in [0.15, 0.2) is 0 Å². The van der Waals surface area contributed by atoms with Gasteiger partial charge in [0.2, 0.25) is 0 Å². The third-order valence-electron chi connectivity index (χ3n) is 5.26. The molecule has 0 amide bonds. The lowest BCUT2D eigenvalue weighted by atomic mass is 10.0. The highest BCUT2D eigenvalue weighted by atomic mass is 15.3. The normalized spacial score (nSPS) is 13.0. The molecule has 0 fully saturated rings. The van der Waals surface area contributed by atoms with Gasteiger partial charge in [0.05, 0.1) is 11.4 Å². The number of nitrogens with zero attached hydrogens (tertiary/aromatic N) is 2. The Balaban J connectivity index is 2.05. The Hall–Kier alpha value is -2.88. The topological polar surface area (TPSA) is 48.8 Å². The van der Waals surface area contributed by atoms with E-state index in [2.05, 4.69) is 111 Å². The molecule has 0 radical (unpaired) electrons. The maximum Gasteiger partial charge on any atom is 0.0640 e. The van der Waals surface area contributed by atoms with Crippen molar-refractivity contribution in [2.75, 3.05) is 10.9 Å². The van der Waals surface area contributed by atoms with Crippen LogP contribution in [-0.4, -0.2) is 11.4 Å². The van der Waals surface area contributed by atoms with E-state index in [1.165, 1.54) is 10.8 Å². The molecule has 2 N–H and O–H groups in total. The molecule has 0 spiro atoms. The van der Waals surface area contributed by atoms with Gasteiger partial charge in [0, 0.05) is 22.2 Å². The molecule has 0 bridgehead atoms. The Labute approximate surface area is 167 Å². The zero-order chi connectivity index (χ0) is 20.3. The van der Waals surface area contributed by atoms with Gasteiger partial charge in [-0.2, -0.15) is 10.2 Å². The van der Waals surface area contributed by atoms with E-state index in [0.717, 1.165) is 33.6 Å². The summed E-state index contributed by atoms with van der Waals surface area (Å²) >= 11 is 0. The molecule has 0 aliphatic rings. The number of benzene rings is 3. The first-order valence-corrected chi connectivity index (χ1v) is 9.92. The van der Waals surface area contributed by atoms with Crippen molar-refractivity contribution in [3.63, 3.8) is 0 Å². The molecule has 0 aliphatic heterocycles. The Kier molecular flexibility index (Phi) is 5.98. The van der Waals surface area contributed by atoms with Crippen molar-refractivity contribution in [3.05, 3.63) is 48.5 Å². The summed E-state index contributed by atoms with van der Waals surface area (Å²) in [5.41, 5.74) is 10.7. The molecule has 0 unspecified atom stereocenters. The van der Waals surface area contributed by atoms with Crippen LogP contribution in [0.5, 0.6) is 0 Å². The zero-order valence-corrected chi connectivity index (χ0v) is 17.7. The van der Waals surface area contributed by atoms with Crippen molar-refractivity contribution in [2.45, 2.75) is 41.5 Å². The summed E-state index contributed by atoms with van der Waals surface area (Å²) in [5, 5.41) is 13.8. The second kappa shape index (κ2) is 8.42. The minimum Gasteiger partial charge on any atom is -0.278 e. The average Bonchev–Trinajstić information content (AvgIpc) is 2.68. The van der Waals surface area contributed by atoms with Crippen LogP contribution < -0.4 is 10.9 Å². The zero-order valence-electron chi connectivity index (χ0n) is 17.7. The van der Waals surface area contributed by atoms with E-state index >= 15 is 0 Å². The van der Waals surface area contributed by atoms with Crippen LogP contribution in [0.1, 0.15) is 41.5 Å². The molecule has 0 aromatic heterocycles. The molecular formula is C24H30N4. The third-order valence-corrected chi connectivity index (χ3v) is 5.26. The molecule has 0 aliphatic carbocycles. The van der Waals surface area contributed by atoms with Gasteiger partial charge in [-0.1, -0.05) is 52.0 Å². The lowest BCUT2D eigenvalue weighted by Gasteiger charge is -2.12. The smallest absolute Gasteiger partial charge is 0.0640 e. The average molecular weight is 375 g/mol. The van der Waals surface area contributed by atoms with Crippen LogP contribution in [0.25, 0.3) is 21.5 Å². The molecule has 146 valence electrons. The Morgan fingerprint density at radius 3 is 1.43 bits per heavy atom. The fourth-order valence-corrected chi connectivity index (χ4v) is 2.80. The summed E-state index contributed by atoms with van der Waals surface area (Å²) in [6, 6.07) is 17.0. The number of anilines is 2. The van der Waals surface area contributed by atoms with Crippen molar-refractivity contribution >= 4 is 44.3 Å². The number of rotatable bonds is 6. The lowest BCUT2D eigenvalue weighted by molar-refractivity contribution is 0.874. The summed E-state index contributed by atoms with van der Waals surface area (Å²) in [7, 11) is 0. The number of hydrazone groups is 2. The van der Waals surface area contributed by atoms with Gasteiger partial charge in [-0.15, -0.1) is 0 Å². The molecular weight excluding hydrogens is 344 g/mol. The van der Waals surface area contributed by atoms with Crippen LogP contribution in [0, 0.1) is 11.8 Å². The number of hydrogen-bond acceptors (Lipinski definition) is 4. The number of hydrogen-bond donors (Lipinski definition) is 2. The second-order valence-corrected chi connectivity index (χ2v) is 7.95. The maximum absolute atomic E-state index is 4.54. The van der Waals surface area contributed by atoms with Gasteiger partial charge >= 0.3 is 0 Å². The molecule has 0 saturated heterocycles. The van der Waals surface area contributed by atoms with Gasteiger partial charge < -0.3 is 0 Å². The molecule has 4 heteroatoms. The largest absolute Gasteiger partial charge is 0.278 e. The standard InChI is InChI=1S/C24H30N4/c1-15(2)17(5)25-27-23-11-7-9-19-14-22-20(13-21(19)23)10-8-12-24(22)28-26-18(6)16(3)4/h7-16,27-28H,1-6H3/b25-17+,26-18+. The molecule has 0 atom stereocenters. The third kappa shape index (κ3) is 4.33. The van der Waals surface area contributed by atoms with Crippen molar-refractivity contribution in [3.8, 4) is 0 Å². The van der Waals surface area contributed by atoms with E-state index in [4.69, 9.17) is 0 Å². The van der Waals surface area contributed by atoms with Gasteiger partial charge in [-0.3, -0.25) is 10.9 Å². The van der Waals surface area contributed by atoms with Crippen LogP contribution >= 0.6 is 0 Å². The minimum atomic E-state index is 0.423. The van der Waals surface area contributed by atoms with Crippen LogP contribution in [0.4, 0.5) is 11.4 Å². The molecule has 0 saturated carbocycles. The Bertz CT molecular complexity index is 960. The van der Waals surface area contributed by atoms with Crippen LogP contribution in [-0.2, 0) is 0 Å². The van der Waals surface area contributed by atoms with E-state index in [9.17, 15) is 0 Å². The molecule has 3 rings (SSSR count). The molecule has 3 aromatic carbocycles. The van der Waals surface area contributed by atoms with E-state index in [1.54, 1.807) is 0 Å². The fraction of sp³-hybridized carbons (Fsp3) is 0.333. The monoisotopic (exact) mass is 374 g/mol. The summed E-state index contributed by atoms with van der Waals surface area (Å²) in [5.74, 6) is 0.846.